The third kappa shape index (κ3) is 9.05. The van der Waals surface area contributed by atoms with Gasteiger partial charge < -0.3 is 10.5 Å². The van der Waals surface area contributed by atoms with Crippen LogP contribution in [0.4, 0.5) is 0 Å². The Labute approximate surface area is 150 Å². The van der Waals surface area contributed by atoms with E-state index in [1.807, 2.05) is 6.21 Å². The molecule has 0 aliphatic carbocycles. The van der Waals surface area contributed by atoms with Gasteiger partial charge in [-0.15, -0.1) is 0 Å². The zero-order valence-electron chi connectivity index (χ0n) is 17.0. The van der Waals surface area contributed by atoms with Gasteiger partial charge in [0.25, 0.3) is 0 Å². The molecule has 0 unspecified atom stereocenters. The lowest BCUT2D eigenvalue weighted by molar-refractivity contribution is -0.507. The largest absolute Gasteiger partial charge is 0.624 e. The van der Waals surface area contributed by atoms with Crippen LogP contribution >= 0.6 is 0 Å². The second kappa shape index (κ2) is 10.4. The Morgan fingerprint density at radius 2 is 1.33 bits per heavy atom. The van der Waals surface area contributed by atoms with E-state index in [0.717, 1.165) is 25.7 Å². The Morgan fingerprint density at radius 3 is 1.83 bits per heavy atom. The van der Waals surface area contributed by atoms with E-state index in [0.29, 0.717) is 0 Å². The minimum atomic E-state index is 0.0424. The number of hydrogen-bond donors (Lipinski definition) is 1. The summed E-state index contributed by atoms with van der Waals surface area (Å²) in [6, 6.07) is 0.120. The number of hydrogen-bond acceptors (Lipinski definition) is 2. The number of nitrogens with one attached hydrogen (secondary N) is 1. The van der Waals surface area contributed by atoms with Gasteiger partial charge in [0.2, 0.25) is 0 Å². The van der Waals surface area contributed by atoms with Gasteiger partial charge in [0.15, 0.2) is 12.3 Å². The number of piperidine rings is 1. The summed E-state index contributed by atoms with van der Waals surface area (Å²) < 4.78 is 1.26. The van der Waals surface area contributed by atoms with Crippen LogP contribution in [0.3, 0.4) is 0 Å². The second-order valence-corrected chi connectivity index (χ2v) is 9.11. The van der Waals surface area contributed by atoms with Crippen LogP contribution in [0, 0.1) is 5.21 Å². The van der Waals surface area contributed by atoms with Crippen molar-refractivity contribution in [2.75, 3.05) is 0 Å². The topological polar surface area (TPSA) is 38.1 Å². The van der Waals surface area contributed by atoms with Crippen molar-refractivity contribution in [3.05, 3.63) is 5.21 Å². The van der Waals surface area contributed by atoms with E-state index in [1.165, 1.54) is 56.1 Å². The predicted molar refractivity (Wildman–Crippen MR) is 106 cm³/mol. The molecule has 0 aromatic carbocycles. The van der Waals surface area contributed by atoms with E-state index in [2.05, 4.69) is 39.9 Å². The maximum absolute atomic E-state index is 12.4. The summed E-state index contributed by atoms with van der Waals surface area (Å²) in [4.78, 5) is 0. The van der Waals surface area contributed by atoms with Crippen molar-refractivity contribution >= 4 is 6.21 Å². The van der Waals surface area contributed by atoms with Crippen LogP contribution in [0.15, 0.2) is 0 Å². The van der Waals surface area contributed by atoms with Crippen molar-refractivity contribution < 1.29 is 4.74 Å². The number of nitrogens with zero attached hydrogens (tertiary/aromatic N) is 1. The minimum absolute atomic E-state index is 0.0424. The summed E-state index contributed by atoms with van der Waals surface area (Å²) in [5, 5.41) is 16.1. The van der Waals surface area contributed by atoms with E-state index >= 15 is 0 Å². The number of hydroxylamine groups is 1. The highest BCUT2D eigenvalue weighted by Gasteiger charge is 2.41. The average molecular weight is 339 g/mol. The van der Waals surface area contributed by atoms with Gasteiger partial charge in [0.1, 0.15) is 0 Å². The number of unbranched alkanes of at least 4 members (excludes halogenated alkanes) is 9. The zero-order valence-corrected chi connectivity index (χ0v) is 17.0. The molecule has 1 fully saturated rings. The van der Waals surface area contributed by atoms with Gasteiger partial charge in [-0.2, -0.15) is 0 Å². The predicted octanol–water partition coefficient (Wildman–Crippen LogP) is 5.80. The van der Waals surface area contributed by atoms with Gasteiger partial charge in [0, 0.05) is 30.3 Å². The molecule has 0 amide bonds. The molecule has 3 heteroatoms. The fraction of sp³-hybridized carbons (Fsp3) is 0.952. The lowest BCUT2D eigenvalue weighted by Gasteiger charge is -2.44. The maximum Gasteiger partial charge on any atom is 0.166 e. The van der Waals surface area contributed by atoms with Crippen molar-refractivity contribution in [2.24, 2.45) is 0 Å². The Bertz CT molecular complexity index is 358. The molecule has 1 rings (SSSR count). The van der Waals surface area contributed by atoms with E-state index < -0.39 is 0 Å². The molecule has 1 heterocycles. The van der Waals surface area contributed by atoms with Crippen molar-refractivity contribution in [1.29, 1.82) is 0 Å². The van der Waals surface area contributed by atoms with Gasteiger partial charge >= 0.3 is 0 Å². The van der Waals surface area contributed by atoms with E-state index in [9.17, 15) is 5.21 Å². The average Bonchev–Trinajstić information content (AvgIpc) is 2.45. The fourth-order valence-corrected chi connectivity index (χ4v) is 4.27. The summed E-state index contributed by atoms with van der Waals surface area (Å²) in [7, 11) is 0. The van der Waals surface area contributed by atoms with E-state index in [1.54, 1.807) is 0 Å². The molecule has 1 N–H and O–H groups in total. The first-order valence-corrected chi connectivity index (χ1v) is 10.3. The third-order valence-electron chi connectivity index (χ3n) is 5.15. The van der Waals surface area contributed by atoms with Crippen LogP contribution in [0.5, 0.6) is 0 Å². The second-order valence-electron chi connectivity index (χ2n) is 9.11. The molecule has 0 atom stereocenters. The summed E-state index contributed by atoms with van der Waals surface area (Å²) >= 11 is 0. The molecule has 0 spiro atoms. The molecule has 0 aromatic heterocycles. The maximum atomic E-state index is 12.4. The van der Waals surface area contributed by atoms with Crippen LogP contribution in [-0.2, 0) is 0 Å². The van der Waals surface area contributed by atoms with E-state index in [4.69, 9.17) is 0 Å². The Hall–Kier alpha value is -0.570. The van der Waals surface area contributed by atoms with Crippen LogP contribution in [0.25, 0.3) is 0 Å². The molecule has 0 aromatic rings. The Balaban J connectivity index is 2.18. The summed E-state index contributed by atoms with van der Waals surface area (Å²) in [6.07, 6.45) is 16.7. The normalized spacial score (nSPS) is 21.1. The van der Waals surface area contributed by atoms with Gasteiger partial charge in [-0.1, -0.05) is 58.3 Å². The zero-order chi connectivity index (χ0) is 18.1. The molecule has 1 aliphatic rings. The Morgan fingerprint density at radius 1 is 0.875 bits per heavy atom. The highest BCUT2D eigenvalue weighted by molar-refractivity contribution is 5.51. The molecule has 1 aliphatic heterocycles. The van der Waals surface area contributed by atoms with Crippen LogP contribution in [0.1, 0.15) is 112 Å². The molecule has 0 saturated carbocycles. The van der Waals surface area contributed by atoms with Crippen LogP contribution in [-0.4, -0.2) is 28.1 Å². The molecular weight excluding hydrogens is 296 g/mol. The minimum Gasteiger partial charge on any atom is -0.624 e. The quantitative estimate of drug-likeness (QED) is 0.170. The lowest BCUT2D eigenvalue weighted by Crippen LogP contribution is -2.60. The molecular formula is C21H42N2O. The first-order valence-electron chi connectivity index (χ1n) is 10.3. The van der Waals surface area contributed by atoms with Gasteiger partial charge in [-0.3, -0.25) is 0 Å². The monoisotopic (exact) mass is 338 g/mol. The SMILES string of the molecule is CCCCCCCCCCCC=[N+]([O-])C1CC(C)(C)NC(C)(C)C1. The van der Waals surface area contributed by atoms with Crippen molar-refractivity contribution in [3.8, 4) is 0 Å². The molecule has 24 heavy (non-hydrogen) atoms. The fourth-order valence-electron chi connectivity index (χ4n) is 4.27. The standard InChI is InChI=1S/C21H42N2O/c1-6-7-8-9-10-11-12-13-14-15-16-23(24)19-17-20(2,3)22-21(4,5)18-19/h16,19,22H,6-15,17-18H2,1-5H3. The molecule has 0 bridgehead atoms. The molecule has 142 valence electrons. The van der Waals surface area contributed by atoms with Crippen molar-refractivity contribution in [1.82, 2.24) is 5.32 Å². The van der Waals surface area contributed by atoms with Crippen LogP contribution in [0.2, 0.25) is 0 Å². The number of rotatable bonds is 11. The summed E-state index contributed by atoms with van der Waals surface area (Å²) in [6.45, 7) is 11.1. The summed E-state index contributed by atoms with van der Waals surface area (Å²) in [5.41, 5.74) is 0.0847. The van der Waals surface area contributed by atoms with Crippen LogP contribution < -0.4 is 5.32 Å². The highest BCUT2D eigenvalue weighted by Crippen LogP contribution is 2.29. The van der Waals surface area contributed by atoms with Crippen molar-refractivity contribution in [2.45, 2.75) is 129 Å². The third-order valence-corrected chi connectivity index (χ3v) is 5.15. The molecule has 3 nitrogen and oxygen atoms in total. The first kappa shape index (κ1) is 21.5. The van der Waals surface area contributed by atoms with E-state index in [-0.39, 0.29) is 17.1 Å². The smallest absolute Gasteiger partial charge is 0.166 e. The first-order chi connectivity index (χ1) is 11.3. The van der Waals surface area contributed by atoms with Gasteiger partial charge in [-0.05, 0) is 34.1 Å². The highest BCUT2D eigenvalue weighted by atomic mass is 16.5. The Kier molecular flexibility index (Phi) is 9.33. The lowest BCUT2D eigenvalue weighted by atomic mass is 9.80. The van der Waals surface area contributed by atoms with Gasteiger partial charge in [-0.25, -0.2) is 4.74 Å². The van der Waals surface area contributed by atoms with Gasteiger partial charge in [0.05, 0.1) is 0 Å². The molecule has 0 radical (unpaired) electrons. The molecule has 1 saturated heterocycles. The summed E-state index contributed by atoms with van der Waals surface area (Å²) in [5.74, 6) is 0. The van der Waals surface area contributed by atoms with Crippen molar-refractivity contribution in [3.63, 3.8) is 0 Å².